The van der Waals surface area contributed by atoms with Crippen LogP contribution in [0.2, 0.25) is 0 Å². The topological polar surface area (TPSA) is 63.1 Å². The SMILES string of the molecule is CSc1nnc(SCc2cc(F)cc(C(C)=O)c2O)s1. The maximum Gasteiger partial charge on any atom is 0.175 e. The predicted octanol–water partition coefficient (Wildman–Crippen LogP) is 3.60. The summed E-state index contributed by atoms with van der Waals surface area (Å²) in [5, 5.41) is 17.9. The Hall–Kier alpha value is -1.12. The fraction of sp³-hybridized carbons (Fsp3) is 0.250. The predicted molar refractivity (Wildman–Crippen MR) is 79.3 cm³/mol. The van der Waals surface area contributed by atoms with Crippen LogP contribution in [0.15, 0.2) is 20.8 Å². The zero-order valence-corrected chi connectivity index (χ0v) is 13.2. The Bertz CT molecular complexity index is 646. The van der Waals surface area contributed by atoms with Gasteiger partial charge in [0.05, 0.1) is 5.56 Å². The molecular formula is C12H11FN2O2S3. The van der Waals surface area contributed by atoms with E-state index in [1.807, 2.05) is 6.26 Å². The second kappa shape index (κ2) is 6.55. The molecule has 20 heavy (non-hydrogen) atoms. The Morgan fingerprint density at radius 3 is 2.70 bits per heavy atom. The first-order valence-electron chi connectivity index (χ1n) is 5.54. The summed E-state index contributed by atoms with van der Waals surface area (Å²) in [5.74, 6) is -0.743. The Morgan fingerprint density at radius 1 is 1.40 bits per heavy atom. The van der Waals surface area contributed by atoms with Crippen LogP contribution in [-0.2, 0) is 5.75 Å². The minimum absolute atomic E-state index is 0.00247. The molecule has 0 aliphatic rings. The van der Waals surface area contributed by atoms with E-state index < -0.39 is 5.82 Å². The number of carbonyl (C=O) groups is 1. The Balaban J connectivity index is 2.18. The van der Waals surface area contributed by atoms with Crippen molar-refractivity contribution < 1.29 is 14.3 Å². The van der Waals surface area contributed by atoms with Crippen molar-refractivity contribution in [3.05, 3.63) is 29.1 Å². The molecule has 2 aromatic rings. The molecule has 0 aliphatic heterocycles. The highest BCUT2D eigenvalue weighted by atomic mass is 32.2. The number of hydrogen-bond donors (Lipinski definition) is 1. The summed E-state index contributed by atoms with van der Waals surface area (Å²) < 4.78 is 15.0. The number of nitrogens with zero attached hydrogens (tertiary/aromatic N) is 2. The van der Waals surface area contributed by atoms with Crippen molar-refractivity contribution in [2.24, 2.45) is 0 Å². The molecule has 0 unspecified atom stereocenters. The van der Waals surface area contributed by atoms with Gasteiger partial charge >= 0.3 is 0 Å². The highest BCUT2D eigenvalue weighted by Crippen LogP contribution is 2.33. The highest BCUT2D eigenvalue weighted by Gasteiger charge is 2.14. The maximum atomic E-state index is 13.5. The standard InChI is InChI=1S/C12H11FN2O2S3/c1-6(16)9-4-8(13)3-7(10(9)17)5-19-12-15-14-11(18-2)20-12/h3-4,17H,5H2,1-2H3. The van der Waals surface area contributed by atoms with E-state index >= 15 is 0 Å². The molecule has 1 heterocycles. The summed E-state index contributed by atoms with van der Waals surface area (Å²) in [6.45, 7) is 1.29. The van der Waals surface area contributed by atoms with Crippen molar-refractivity contribution in [3.63, 3.8) is 0 Å². The first-order valence-corrected chi connectivity index (χ1v) is 8.56. The Morgan fingerprint density at radius 2 is 2.10 bits per heavy atom. The Kier molecular flexibility index (Phi) is 5.00. The van der Waals surface area contributed by atoms with Crippen molar-refractivity contribution >= 4 is 40.6 Å². The van der Waals surface area contributed by atoms with Crippen molar-refractivity contribution in [3.8, 4) is 5.75 Å². The van der Waals surface area contributed by atoms with Crippen LogP contribution < -0.4 is 0 Å². The molecule has 0 saturated heterocycles. The van der Waals surface area contributed by atoms with E-state index in [9.17, 15) is 14.3 Å². The zero-order valence-electron chi connectivity index (χ0n) is 10.7. The van der Waals surface area contributed by atoms with Gasteiger partial charge in [-0.3, -0.25) is 4.79 Å². The van der Waals surface area contributed by atoms with Crippen LogP contribution in [0.3, 0.4) is 0 Å². The lowest BCUT2D eigenvalue weighted by atomic mass is 10.1. The largest absolute Gasteiger partial charge is 0.507 e. The summed E-state index contributed by atoms with van der Waals surface area (Å²) in [5.41, 5.74) is 0.378. The van der Waals surface area contributed by atoms with Gasteiger partial charge in [0.2, 0.25) is 0 Å². The van der Waals surface area contributed by atoms with E-state index in [0.717, 1.165) is 14.7 Å². The fourth-order valence-corrected chi connectivity index (χ4v) is 3.92. The van der Waals surface area contributed by atoms with Gasteiger partial charge in [-0.25, -0.2) is 4.39 Å². The lowest BCUT2D eigenvalue weighted by molar-refractivity contribution is 0.101. The Labute approximate surface area is 127 Å². The number of phenolic OH excluding ortho intramolecular Hbond substituents is 1. The number of thioether (sulfide) groups is 2. The number of aromatic nitrogens is 2. The van der Waals surface area contributed by atoms with Crippen molar-refractivity contribution in [2.75, 3.05) is 6.26 Å². The number of ketones is 1. The maximum absolute atomic E-state index is 13.5. The second-order valence-electron chi connectivity index (χ2n) is 3.84. The number of rotatable bonds is 5. The minimum Gasteiger partial charge on any atom is -0.507 e. The smallest absolute Gasteiger partial charge is 0.175 e. The van der Waals surface area contributed by atoms with Gasteiger partial charge < -0.3 is 5.11 Å². The normalized spacial score (nSPS) is 10.8. The quantitative estimate of drug-likeness (QED) is 0.667. The van der Waals surface area contributed by atoms with Crippen LogP contribution >= 0.6 is 34.9 Å². The van der Waals surface area contributed by atoms with Gasteiger partial charge in [0, 0.05) is 11.3 Å². The zero-order chi connectivity index (χ0) is 14.7. The van der Waals surface area contributed by atoms with Crippen LogP contribution in [0.4, 0.5) is 4.39 Å². The molecule has 0 spiro atoms. The van der Waals surface area contributed by atoms with Crippen LogP contribution in [0.25, 0.3) is 0 Å². The van der Waals surface area contributed by atoms with Crippen LogP contribution in [-0.4, -0.2) is 27.3 Å². The molecule has 0 fully saturated rings. The third kappa shape index (κ3) is 3.50. The van der Waals surface area contributed by atoms with E-state index in [0.29, 0.717) is 11.3 Å². The van der Waals surface area contributed by atoms with Crippen molar-refractivity contribution in [1.82, 2.24) is 10.2 Å². The molecule has 8 heteroatoms. The summed E-state index contributed by atoms with van der Waals surface area (Å²) in [6, 6.07) is 2.27. The molecule has 0 saturated carbocycles. The number of phenols is 1. The molecule has 0 amide bonds. The third-order valence-electron chi connectivity index (χ3n) is 2.45. The monoisotopic (exact) mass is 330 g/mol. The van der Waals surface area contributed by atoms with E-state index in [-0.39, 0.29) is 17.1 Å². The van der Waals surface area contributed by atoms with E-state index in [1.165, 1.54) is 47.9 Å². The summed E-state index contributed by atoms with van der Waals surface area (Å²) in [7, 11) is 0. The molecule has 2 rings (SSSR count). The average Bonchev–Trinajstić information content (AvgIpc) is 2.87. The number of benzene rings is 1. The number of hydrogen-bond acceptors (Lipinski definition) is 7. The molecule has 0 radical (unpaired) electrons. The van der Waals surface area contributed by atoms with Gasteiger partial charge in [-0.05, 0) is 25.3 Å². The number of aromatic hydroxyl groups is 1. The number of carbonyl (C=O) groups excluding carboxylic acids is 1. The molecular weight excluding hydrogens is 319 g/mol. The molecule has 4 nitrogen and oxygen atoms in total. The van der Waals surface area contributed by atoms with Crippen LogP contribution in [0, 0.1) is 5.82 Å². The van der Waals surface area contributed by atoms with Gasteiger partial charge in [-0.15, -0.1) is 10.2 Å². The van der Waals surface area contributed by atoms with E-state index in [1.54, 1.807) is 0 Å². The first-order chi connectivity index (χ1) is 9.51. The van der Waals surface area contributed by atoms with Gasteiger partial charge in [-0.2, -0.15) is 0 Å². The van der Waals surface area contributed by atoms with Gasteiger partial charge in [0.25, 0.3) is 0 Å². The van der Waals surface area contributed by atoms with Crippen LogP contribution in [0.1, 0.15) is 22.8 Å². The summed E-state index contributed by atoms with van der Waals surface area (Å²) in [6.07, 6.45) is 1.91. The first kappa shape index (κ1) is 15.3. The molecule has 1 N–H and O–H groups in total. The molecule has 1 aromatic heterocycles. The molecule has 0 bridgehead atoms. The number of halogens is 1. The van der Waals surface area contributed by atoms with Crippen molar-refractivity contribution in [1.29, 1.82) is 0 Å². The lowest BCUT2D eigenvalue weighted by Gasteiger charge is -2.07. The van der Waals surface area contributed by atoms with Gasteiger partial charge in [-0.1, -0.05) is 34.9 Å². The van der Waals surface area contributed by atoms with Crippen molar-refractivity contribution in [2.45, 2.75) is 21.4 Å². The fourth-order valence-electron chi connectivity index (χ4n) is 1.51. The molecule has 1 aromatic carbocycles. The molecule has 0 atom stereocenters. The molecule has 106 valence electrons. The second-order valence-corrected chi connectivity index (χ2v) is 7.10. The number of Topliss-reactive ketones (excluding diaryl/α,β-unsaturated/α-hetero) is 1. The minimum atomic E-state index is -0.536. The van der Waals surface area contributed by atoms with Crippen LogP contribution in [0.5, 0.6) is 5.75 Å². The highest BCUT2D eigenvalue weighted by molar-refractivity contribution is 8.02. The van der Waals surface area contributed by atoms with Gasteiger partial charge in [0.1, 0.15) is 11.6 Å². The summed E-state index contributed by atoms with van der Waals surface area (Å²) in [4.78, 5) is 11.3. The van der Waals surface area contributed by atoms with Gasteiger partial charge in [0.15, 0.2) is 14.5 Å². The summed E-state index contributed by atoms with van der Waals surface area (Å²) >= 11 is 4.28. The average molecular weight is 330 g/mol. The lowest BCUT2D eigenvalue weighted by Crippen LogP contribution is -1.97. The molecule has 0 aliphatic carbocycles. The third-order valence-corrected chi connectivity index (χ3v) is 5.53. The van der Waals surface area contributed by atoms with E-state index in [4.69, 9.17) is 0 Å². The van der Waals surface area contributed by atoms with E-state index in [2.05, 4.69) is 10.2 Å².